The Labute approximate surface area is 270 Å². The summed E-state index contributed by atoms with van der Waals surface area (Å²) >= 11 is 1.48. The molecule has 10 nitrogen and oxygen atoms in total. The van der Waals surface area contributed by atoms with Crippen LogP contribution in [0.2, 0.25) is 0 Å². The SMILES string of the molecule is CC(C)OC(=O)NC1CCC(c2ncc(-c3ccc(NC(=O)CC[C@H](C)c4ccccn4)cc3S(=O)(=O)NC(C)(C)C)s2)CC1. The van der Waals surface area contributed by atoms with Gasteiger partial charge in [-0.3, -0.25) is 9.78 Å². The van der Waals surface area contributed by atoms with E-state index in [2.05, 4.69) is 20.3 Å². The van der Waals surface area contributed by atoms with Gasteiger partial charge in [-0.1, -0.05) is 19.1 Å². The summed E-state index contributed by atoms with van der Waals surface area (Å²) in [6.07, 6.45) is 7.16. The van der Waals surface area contributed by atoms with Gasteiger partial charge in [0.05, 0.1) is 20.9 Å². The summed E-state index contributed by atoms with van der Waals surface area (Å²) in [5.74, 6) is 0.141. The molecule has 1 fully saturated rings. The molecule has 2 amide bonds. The van der Waals surface area contributed by atoms with Crippen LogP contribution in [-0.2, 0) is 19.6 Å². The molecule has 0 spiro atoms. The van der Waals surface area contributed by atoms with E-state index in [-0.39, 0.29) is 47.3 Å². The highest BCUT2D eigenvalue weighted by molar-refractivity contribution is 7.89. The van der Waals surface area contributed by atoms with Crippen molar-refractivity contribution in [3.63, 3.8) is 0 Å². The maximum Gasteiger partial charge on any atom is 0.407 e. The molecule has 1 aliphatic carbocycles. The van der Waals surface area contributed by atoms with Gasteiger partial charge in [-0.15, -0.1) is 11.3 Å². The highest BCUT2D eigenvalue weighted by atomic mass is 32.2. The minimum atomic E-state index is -3.94. The molecule has 1 aliphatic rings. The lowest BCUT2D eigenvalue weighted by atomic mass is 9.86. The van der Waals surface area contributed by atoms with Crippen molar-refractivity contribution in [2.75, 3.05) is 5.32 Å². The molecule has 2 aromatic heterocycles. The van der Waals surface area contributed by atoms with Gasteiger partial charge in [0, 0.05) is 53.3 Å². The Balaban J connectivity index is 1.49. The summed E-state index contributed by atoms with van der Waals surface area (Å²) in [4.78, 5) is 34.8. The van der Waals surface area contributed by atoms with Crippen molar-refractivity contribution in [1.29, 1.82) is 0 Å². The van der Waals surface area contributed by atoms with Gasteiger partial charge in [-0.25, -0.2) is 22.9 Å². The molecule has 45 heavy (non-hydrogen) atoms. The molecule has 3 aromatic rings. The Morgan fingerprint density at radius 2 is 1.78 bits per heavy atom. The van der Waals surface area contributed by atoms with Gasteiger partial charge < -0.3 is 15.4 Å². The summed E-state index contributed by atoms with van der Waals surface area (Å²) in [7, 11) is -3.94. The minimum Gasteiger partial charge on any atom is -0.447 e. The van der Waals surface area contributed by atoms with Gasteiger partial charge in [-0.2, -0.15) is 0 Å². The quantitative estimate of drug-likeness (QED) is 0.203. The Kier molecular flexibility index (Phi) is 11.4. The molecule has 0 radical (unpaired) electrons. The second-order valence-corrected chi connectivity index (χ2v) is 15.7. The van der Waals surface area contributed by atoms with Crippen LogP contribution in [0.4, 0.5) is 10.5 Å². The van der Waals surface area contributed by atoms with Crippen LogP contribution in [0.3, 0.4) is 0 Å². The first-order valence-corrected chi connectivity index (χ1v) is 17.8. The lowest BCUT2D eigenvalue weighted by Gasteiger charge is -2.28. The molecule has 0 bridgehead atoms. The third-order valence-corrected chi connectivity index (χ3v) is 10.5. The van der Waals surface area contributed by atoms with Crippen LogP contribution in [0, 0.1) is 0 Å². The Morgan fingerprint density at radius 1 is 1.04 bits per heavy atom. The van der Waals surface area contributed by atoms with Crippen LogP contribution >= 0.6 is 11.3 Å². The fourth-order valence-electron chi connectivity index (χ4n) is 5.37. The van der Waals surface area contributed by atoms with Crippen molar-refractivity contribution < 1.29 is 22.7 Å². The summed E-state index contributed by atoms with van der Waals surface area (Å²) in [5.41, 5.74) is 1.17. The number of sulfonamides is 1. The van der Waals surface area contributed by atoms with Crippen molar-refractivity contribution in [1.82, 2.24) is 20.0 Å². The van der Waals surface area contributed by atoms with Crippen LogP contribution in [0.1, 0.15) is 103 Å². The van der Waals surface area contributed by atoms with E-state index in [4.69, 9.17) is 9.72 Å². The van der Waals surface area contributed by atoms with E-state index in [0.717, 1.165) is 41.3 Å². The number of aromatic nitrogens is 2. The van der Waals surface area contributed by atoms with Gasteiger partial charge in [-0.05, 0) is 96.9 Å². The third kappa shape index (κ3) is 10.1. The number of alkyl carbamates (subject to hydrolysis) is 1. The van der Waals surface area contributed by atoms with E-state index < -0.39 is 15.6 Å². The maximum absolute atomic E-state index is 13.7. The number of hydrogen-bond acceptors (Lipinski definition) is 8. The third-order valence-electron chi connectivity index (χ3n) is 7.52. The smallest absolute Gasteiger partial charge is 0.407 e. The van der Waals surface area contributed by atoms with Crippen LogP contribution in [0.15, 0.2) is 53.7 Å². The Hall–Kier alpha value is -3.35. The number of carbonyl (C=O) groups is 2. The van der Waals surface area contributed by atoms with E-state index in [0.29, 0.717) is 17.7 Å². The maximum atomic E-state index is 13.7. The molecular formula is C33H45N5O5S2. The zero-order valence-electron chi connectivity index (χ0n) is 26.9. The zero-order valence-corrected chi connectivity index (χ0v) is 28.6. The van der Waals surface area contributed by atoms with Gasteiger partial charge in [0.1, 0.15) is 0 Å². The standard InChI is InChI=1S/C33H45N5O5S2/c1-21(2)43-32(40)37-24-13-11-23(12-14-24)31-35-20-28(44-31)26-16-15-25(19-29(26)45(41,42)38-33(4,5)6)36-30(39)17-10-22(3)27-9-7-8-18-34-27/h7-9,15-16,18-24,38H,10-14,17H2,1-6H3,(H,36,39)(H,37,40)/t22-,23?,24?/m0/s1. The summed E-state index contributed by atoms with van der Waals surface area (Å²) in [6.45, 7) is 11.0. The molecule has 2 heterocycles. The topological polar surface area (TPSA) is 139 Å². The number of rotatable bonds is 11. The fourth-order valence-corrected chi connectivity index (χ4v) is 8.23. The molecule has 0 unspecified atom stereocenters. The first kappa shape index (κ1) is 34.5. The van der Waals surface area contributed by atoms with E-state index >= 15 is 0 Å². The Morgan fingerprint density at radius 3 is 2.42 bits per heavy atom. The number of nitrogens with zero attached hydrogens (tertiary/aromatic N) is 2. The number of amides is 2. The number of benzene rings is 1. The van der Waals surface area contributed by atoms with Crippen molar-refractivity contribution in [2.24, 2.45) is 0 Å². The van der Waals surface area contributed by atoms with Gasteiger partial charge in [0.25, 0.3) is 0 Å². The van der Waals surface area contributed by atoms with Crippen molar-refractivity contribution in [2.45, 2.75) is 114 Å². The van der Waals surface area contributed by atoms with Crippen molar-refractivity contribution >= 4 is 39.0 Å². The number of nitrogens with one attached hydrogen (secondary N) is 3. The molecule has 244 valence electrons. The zero-order chi connectivity index (χ0) is 32.8. The molecule has 3 N–H and O–H groups in total. The van der Waals surface area contributed by atoms with E-state index in [1.807, 2.05) is 39.0 Å². The molecule has 1 saturated carbocycles. The molecule has 0 saturated heterocycles. The number of hydrogen-bond donors (Lipinski definition) is 3. The lowest BCUT2D eigenvalue weighted by Crippen LogP contribution is -2.40. The van der Waals surface area contributed by atoms with Crippen LogP contribution in [0.25, 0.3) is 10.4 Å². The number of ether oxygens (including phenoxy) is 1. The van der Waals surface area contributed by atoms with Crippen LogP contribution in [0.5, 0.6) is 0 Å². The second kappa shape index (κ2) is 14.8. The Bertz CT molecular complexity index is 1560. The first-order valence-electron chi connectivity index (χ1n) is 15.5. The monoisotopic (exact) mass is 655 g/mol. The van der Waals surface area contributed by atoms with E-state index in [9.17, 15) is 18.0 Å². The second-order valence-electron chi connectivity index (χ2n) is 13.0. The van der Waals surface area contributed by atoms with Crippen molar-refractivity contribution in [3.05, 3.63) is 59.5 Å². The highest BCUT2D eigenvalue weighted by Crippen LogP contribution is 2.40. The van der Waals surface area contributed by atoms with Gasteiger partial charge >= 0.3 is 6.09 Å². The normalized spacial score (nSPS) is 17.9. The fraction of sp³-hybridized carbons (Fsp3) is 0.515. The van der Waals surface area contributed by atoms with Gasteiger partial charge in [0.2, 0.25) is 15.9 Å². The van der Waals surface area contributed by atoms with E-state index in [1.54, 1.807) is 45.3 Å². The predicted octanol–water partition coefficient (Wildman–Crippen LogP) is 6.97. The lowest BCUT2D eigenvalue weighted by molar-refractivity contribution is -0.116. The summed E-state index contributed by atoms with van der Waals surface area (Å²) in [6, 6.07) is 10.8. The average molecular weight is 656 g/mol. The molecule has 0 aliphatic heterocycles. The molecule has 1 atom stereocenters. The van der Waals surface area contributed by atoms with Crippen LogP contribution < -0.4 is 15.4 Å². The summed E-state index contributed by atoms with van der Waals surface area (Å²) < 4.78 is 35.3. The first-order chi connectivity index (χ1) is 21.2. The van der Waals surface area contributed by atoms with Crippen LogP contribution in [-0.4, -0.2) is 48.1 Å². The number of carbonyl (C=O) groups excluding carboxylic acids is 2. The predicted molar refractivity (Wildman–Crippen MR) is 178 cm³/mol. The number of anilines is 1. The van der Waals surface area contributed by atoms with Gasteiger partial charge in [0.15, 0.2) is 0 Å². The van der Waals surface area contributed by atoms with E-state index in [1.165, 1.54) is 17.4 Å². The molecule has 4 rings (SSSR count). The number of thiazole rings is 1. The summed E-state index contributed by atoms with van der Waals surface area (Å²) in [5, 5.41) is 6.78. The minimum absolute atomic E-state index is 0.0631. The number of pyridine rings is 1. The molecule has 1 aromatic carbocycles. The van der Waals surface area contributed by atoms with Crippen molar-refractivity contribution in [3.8, 4) is 10.4 Å². The molecular weight excluding hydrogens is 611 g/mol. The molecule has 12 heteroatoms. The largest absolute Gasteiger partial charge is 0.447 e. The average Bonchev–Trinajstić information content (AvgIpc) is 3.45. The highest BCUT2D eigenvalue weighted by Gasteiger charge is 2.29.